The molecular weight excluding hydrogens is 317 g/mol. The molecule has 0 aliphatic heterocycles. The van der Waals surface area contributed by atoms with E-state index in [9.17, 15) is 4.39 Å². The molecule has 2 aromatic heterocycles. The Kier molecular flexibility index (Phi) is 2.97. The number of aromatic nitrogens is 2. The maximum absolute atomic E-state index is 13.6. The molecular formula is C12H7BrFN3S. The Labute approximate surface area is 115 Å². The fourth-order valence-electron chi connectivity index (χ4n) is 1.58. The summed E-state index contributed by atoms with van der Waals surface area (Å²) in [5.74, 6) is -0.184. The first-order chi connectivity index (χ1) is 8.72. The van der Waals surface area contributed by atoms with Crippen LogP contribution in [-0.4, -0.2) is 9.97 Å². The molecule has 0 bridgehead atoms. The SMILES string of the molecule is Fc1cc(Br)cnc1Nc1ccc2ncsc2c1. The lowest BCUT2D eigenvalue weighted by molar-refractivity contribution is 0.625. The van der Waals surface area contributed by atoms with Gasteiger partial charge in [-0.25, -0.2) is 14.4 Å². The van der Waals surface area contributed by atoms with Gasteiger partial charge in [-0.1, -0.05) is 0 Å². The minimum atomic E-state index is -0.395. The van der Waals surface area contributed by atoms with Gasteiger partial charge in [-0.3, -0.25) is 0 Å². The summed E-state index contributed by atoms with van der Waals surface area (Å²) in [7, 11) is 0. The Bertz CT molecular complexity index is 713. The van der Waals surface area contributed by atoms with Crippen molar-refractivity contribution in [3.05, 3.63) is 46.3 Å². The van der Waals surface area contributed by atoms with E-state index in [1.807, 2.05) is 18.2 Å². The predicted molar refractivity (Wildman–Crippen MR) is 74.8 cm³/mol. The van der Waals surface area contributed by atoms with Crippen LogP contribution in [-0.2, 0) is 0 Å². The molecule has 0 atom stereocenters. The van der Waals surface area contributed by atoms with Crippen molar-refractivity contribution in [3.63, 3.8) is 0 Å². The summed E-state index contributed by atoms with van der Waals surface area (Å²) in [4.78, 5) is 8.19. The van der Waals surface area contributed by atoms with Crippen LogP contribution in [0.25, 0.3) is 10.2 Å². The van der Waals surface area contributed by atoms with Crippen LogP contribution < -0.4 is 5.32 Å². The van der Waals surface area contributed by atoms with Crippen LogP contribution in [0.15, 0.2) is 40.4 Å². The fourth-order valence-corrected chi connectivity index (χ4v) is 2.60. The minimum Gasteiger partial charge on any atom is -0.338 e. The first-order valence-electron chi connectivity index (χ1n) is 5.14. The second-order valence-corrected chi connectivity index (χ2v) is 5.45. The lowest BCUT2D eigenvalue weighted by Gasteiger charge is -2.06. The first-order valence-corrected chi connectivity index (χ1v) is 6.81. The van der Waals surface area contributed by atoms with Gasteiger partial charge in [0.1, 0.15) is 0 Å². The molecule has 0 saturated carbocycles. The summed E-state index contributed by atoms with van der Waals surface area (Å²) >= 11 is 4.72. The van der Waals surface area contributed by atoms with Crippen molar-refractivity contribution < 1.29 is 4.39 Å². The topological polar surface area (TPSA) is 37.8 Å². The summed E-state index contributed by atoms with van der Waals surface area (Å²) in [5.41, 5.74) is 3.52. The van der Waals surface area contributed by atoms with Crippen LogP contribution in [0.3, 0.4) is 0 Å². The molecule has 0 aliphatic carbocycles. The minimum absolute atomic E-state index is 0.210. The number of halogens is 2. The molecule has 0 saturated heterocycles. The molecule has 1 aromatic carbocycles. The number of rotatable bonds is 2. The van der Waals surface area contributed by atoms with Gasteiger partial charge in [-0.05, 0) is 40.2 Å². The standard InChI is InChI=1S/C12H7BrFN3S/c13-7-3-9(14)12(15-5-7)17-8-1-2-10-11(4-8)18-6-16-10/h1-6H,(H,15,17). The van der Waals surface area contributed by atoms with Crippen molar-refractivity contribution >= 4 is 49.0 Å². The molecule has 0 amide bonds. The molecule has 3 nitrogen and oxygen atoms in total. The average molecular weight is 324 g/mol. The van der Waals surface area contributed by atoms with E-state index in [0.29, 0.717) is 4.47 Å². The van der Waals surface area contributed by atoms with Gasteiger partial charge in [0.2, 0.25) is 0 Å². The highest BCUT2D eigenvalue weighted by Gasteiger charge is 2.05. The molecule has 90 valence electrons. The van der Waals surface area contributed by atoms with Crippen molar-refractivity contribution in [2.24, 2.45) is 0 Å². The highest BCUT2D eigenvalue weighted by atomic mass is 79.9. The summed E-state index contributed by atoms with van der Waals surface area (Å²) < 4.78 is 15.3. The van der Waals surface area contributed by atoms with Gasteiger partial charge in [0.25, 0.3) is 0 Å². The molecule has 3 aromatic rings. The van der Waals surface area contributed by atoms with E-state index in [4.69, 9.17) is 0 Å². The zero-order chi connectivity index (χ0) is 12.5. The molecule has 0 spiro atoms. The molecule has 18 heavy (non-hydrogen) atoms. The molecule has 0 fully saturated rings. The second kappa shape index (κ2) is 4.62. The number of hydrogen-bond acceptors (Lipinski definition) is 4. The average Bonchev–Trinajstić information content (AvgIpc) is 2.80. The summed E-state index contributed by atoms with van der Waals surface area (Å²) in [6.07, 6.45) is 1.55. The Morgan fingerprint density at radius 3 is 2.94 bits per heavy atom. The van der Waals surface area contributed by atoms with Crippen molar-refractivity contribution in [2.45, 2.75) is 0 Å². The highest BCUT2D eigenvalue weighted by molar-refractivity contribution is 9.10. The van der Waals surface area contributed by atoms with Crippen LogP contribution in [0.4, 0.5) is 15.9 Å². The summed E-state index contributed by atoms with van der Waals surface area (Å²) in [6, 6.07) is 7.05. The van der Waals surface area contributed by atoms with Gasteiger partial charge in [0.05, 0.1) is 15.7 Å². The van der Waals surface area contributed by atoms with Gasteiger partial charge in [-0.2, -0.15) is 0 Å². The van der Waals surface area contributed by atoms with Crippen LogP contribution >= 0.6 is 27.3 Å². The number of benzene rings is 1. The smallest absolute Gasteiger partial charge is 0.166 e. The number of nitrogens with one attached hydrogen (secondary N) is 1. The van der Waals surface area contributed by atoms with E-state index in [-0.39, 0.29) is 5.82 Å². The summed E-state index contributed by atoms with van der Waals surface area (Å²) in [5, 5.41) is 2.95. The molecule has 6 heteroatoms. The monoisotopic (exact) mass is 323 g/mol. The fraction of sp³-hybridized carbons (Fsp3) is 0. The molecule has 0 unspecified atom stereocenters. The molecule has 2 heterocycles. The Morgan fingerprint density at radius 2 is 2.11 bits per heavy atom. The maximum atomic E-state index is 13.6. The molecule has 3 rings (SSSR count). The number of thiazole rings is 1. The second-order valence-electron chi connectivity index (χ2n) is 3.64. The third-order valence-corrected chi connectivity index (χ3v) is 3.63. The van der Waals surface area contributed by atoms with Crippen LogP contribution in [0.2, 0.25) is 0 Å². The number of hydrogen-bond donors (Lipinski definition) is 1. The van der Waals surface area contributed by atoms with Gasteiger partial charge < -0.3 is 5.32 Å². The summed E-state index contributed by atoms with van der Waals surface area (Å²) in [6.45, 7) is 0. The van der Waals surface area contributed by atoms with Crippen molar-refractivity contribution in [2.75, 3.05) is 5.32 Å². The largest absolute Gasteiger partial charge is 0.338 e. The van der Waals surface area contributed by atoms with Gasteiger partial charge >= 0.3 is 0 Å². The Morgan fingerprint density at radius 1 is 1.22 bits per heavy atom. The Hall–Kier alpha value is -1.53. The van der Waals surface area contributed by atoms with E-state index in [1.165, 1.54) is 6.07 Å². The van der Waals surface area contributed by atoms with E-state index in [1.54, 1.807) is 23.0 Å². The van der Waals surface area contributed by atoms with E-state index in [2.05, 4.69) is 31.2 Å². The van der Waals surface area contributed by atoms with E-state index in [0.717, 1.165) is 15.9 Å². The predicted octanol–water partition coefficient (Wildman–Crippen LogP) is 4.34. The molecule has 0 radical (unpaired) electrons. The van der Waals surface area contributed by atoms with Gasteiger partial charge in [-0.15, -0.1) is 11.3 Å². The zero-order valence-corrected chi connectivity index (χ0v) is 11.4. The third kappa shape index (κ3) is 2.21. The molecule has 1 N–H and O–H groups in total. The van der Waals surface area contributed by atoms with Crippen LogP contribution in [0.5, 0.6) is 0 Å². The number of nitrogens with zero attached hydrogens (tertiary/aromatic N) is 2. The normalized spacial score (nSPS) is 10.8. The lowest BCUT2D eigenvalue weighted by atomic mass is 10.3. The lowest BCUT2D eigenvalue weighted by Crippen LogP contribution is -1.96. The van der Waals surface area contributed by atoms with Gasteiger partial charge in [0, 0.05) is 16.4 Å². The van der Waals surface area contributed by atoms with E-state index < -0.39 is 5.82 Å². The first kappa shape index (κ1) is 11.6. The quantitative estimate of drug-likeness (QED) is 0.762. The zero-order valence-electron chi connectivity index (χ0n) is 9.02. The van der Waals surface area contributed by atoms with Crippen molar-refractivity contribution in [1.29, 1.82) is 0 Å². The van der Waals surface area contributed by atoms with E-state index >= 15 is 0 Å². The van der Waals surface area contributed by atoms with Crippen molar-refractivity contribution in [3.8, 4) is 0 Å². The number of anilines is 2. The maximum Gasteiger partial charge on any atom is 0.166 e. The van der Waals surface area contributed by atoms with Crippen LogP contribution in [0, 0.1) is 5.82 Å². The number of pyridine rings is 1. The number of fused-ring (bicyclic) bond motifs is 1. The molecule has 0 aliphatic rings. The third-order valence-electron chi connectivity index (χ3n) is 2.40. The van der Waals surface area contributed by atoms with Crippen molar-refractivity contribution in [1.82, 2.24) is 9.97 Å². The van der Waals surface area contributed by atoms with Crippen LogP contribution in [0.1, 0.15) is 0 Å². The Balaban J connectivity index is 1.95. The highest BCUT2D eigenvalue weighted by Crippen LogP contribution is 2.25. The van der Waals surface area contributed by atoms with Gasteiger partial charge in [0.15, 0.2) is 11.6 Å².